The molecule has 0 N–H and O–H groups in total. The molecule has 0 aliphatic heterocycles. The molecular formula is C18H17N. The summed E-state index contributed by atoms with van der Waals surface area (Å²) in [6, 6.07) is 19.2. The number of aromatic nitrogens is 1. The number of nitrogens with zero attached hydrogens (tertiary/aromatic N) is 1. The molecule has 0 amide bonds. The van der Waals surface area contributed by atoms with Gasteiger partial charge in [-0.05, 0) is 29.2 Å². The van der Waals surface area contributed by atoms with Gasteiger partial charge in [0.25, 0.3) is 0 Å². The lowest BCUT2D eigenvalue weighted by Gasteiger charge is -2.08. The second-order valence-corrected chi connectivity index (χ2v) is 5.20. The number of pyridine rings is 1. The molecule has 0 fully saturated rings. The van der Waals surface area contributed by atoms with Gasteiger partial charge in [0, 0.05) is 17.1 Å². The Bertz CT molecular complexity index is 713. The molecule has 19 heavy (non-hydrogen) atoms. The van der Waals surface area contributed by atoms with Crippen molar-refractivity contribution in [3.63, 3.8) is 0 Å². The van der Waals surface area contributed by atoms with E-state index in [4.69, 9.17) is 0 Å². The molecule has 0 spiro atoms. The third kappa shape index (κ3) is 2.37. The summed E-state index contributed by atoms with van der Waals surface area (Å²) < 4.78 is 0. The minimum Gasteiger partial charge on any atom is -0.256 e. The molecule has 3 aromatic rings. The van der Waals surface area contributed by atoms with Crippen molar-refractivity contribution in [1.29, 1.82) is 0 Å². The van der Waals surface area contributed by atoms with Crippen molar-refractivity contribution >= 4 is 10.9 Å². The molecule has 0 atom stereocenters. The highest BCUT2D eigenvalue weighted by molar-refractivity contribution is 5.83. The van der Waals surface area contributed by atoms with Crippen LogP contribution in [-0.4, -0.2) is 4.98 Å². The van der Waals surface area contributed by atoms with Crippen LogP contribution in [0.3, 0.4) is 0 Å². The quantitative estimate of drug-likeness (QED) is 0.619. The molecule has 0 bridgehead atoms. The molecule has 2 aromatic carbocycles. The lowest BCUT2D eigenvalue weighted by Crippen LogP contribution is -1.88. The second kappa shape index (κ2) is 4.85. The van der Waals surface area contributed by atoms with E-state index < -0.39 is 0 Å². The Morgan fingerprint density at radius 1 is 0.842 bits per heavy atom. The Hall–Kier alpha value is -2.15. The smallest absolute Gasteiger partial charge is 0.0702 e. The maximum absolute atomic E-state index is 4.53. The zero-order chi connectivity index (χ0) is 13.2. The maximum Gasteiger partial charge on any atom is 0.0702 e. The largest absolute Gasteiger partial charge is 0.256 e. The minimum atomic E-state index is 0.549. The summed E-state index contributed by atoms with van der Waals surface area (Å²) in [5, 5.41) is 1.19. The van der Waals surface area contributed by atoms with Crippen molar-refractivity contribution in [2.24, 2.45) is 0 Å². The van der Waals surface area contributed by atoms with Gasteiger partial charge in [-0.15, -0.1) is 0 Å². The van der Waals surface area contributed by atoms with E-state index in [9.17, 15) is 0 Å². The Kier molecular flexibility index (Phi) is 3.04. The lowest BCUT2D eigenvalue weighted by atomic mass is 9.97. The minimum absolute atomic E-state index is 0.549. The van der Waals surface area contributed by atoms with Crippen LogP contribution < -0.4 is 0 Å². The van der Waals surface area contributed by atoms with Gasteiger partial charge in [-0.2, -0.15) is 0 Å². The topological polar surface area (TPSA) is 12.9 Å². The number of benzene rings is 2. The van der Waals surface area contributed by atoms with Gasteiger partial charge in [-0.25, -0.2) is 0 Å². The van der Waals surface area contributed by atoms with Gasteiger partial charge in [-0.1, -0.05) is 56.3 Å². The normalized spacial score (nSPS) is 11.1. The average molecular weight is 247 g/mol. The first kappa shape index (κ1) is 11.9. The van der Waals surface area contributed by atoms with Gasteiger partial charge >= 0.3 is 0 Å². The monoisotopic (exact) mass is 247 g/mol. The second-order valence-electron chi connectivity index (χ2n) is 5.20. The van der Waals surface area contributed by atoms with Crippen molar-refractivity contribution in [3.8, 4) is 11.1 Å². The number of rotatable bonds is 2. The van der Waals surface area contributed by atoms with E-state index in [-0.39, 0.29) is 0 Å². The first-order valence-electron chi connectivity index (χ1n) is 6.69. The van der Waals surface area contributed by atoms with Crippen LogP contribution in [0.15, 0.2) is 60.8 Å². The van der Waals surface area contributed by atoms with Crippen LogP contribution >= 0.6 is 0 Å². The highest BCUT2D eigenvalue weighted by atomic mass is 14.6. The van der Waals surface area contributed by atoms with Gasteiger partial charge in [0.05, 0.1) is 5.52 Å². The van der Waals surface area contributed by atoms with E-state index in [1.165, 1.54) is 22.1 Å². The van der Waals surface area contributed by atoms with E-state index >= 15 is 0 Å². The number of fused-ring (bicyclic) bond motifs is 1. The van der Waals surface area contributed by atoms with Crippen LogP contribution in [-0.2, 0) is 0 Å². The molecule has 1 aromatic heterocycles. The Morgan fingerprint density at radius 3 is 2.53 bits per heavy atom. The Labute approximate surface area is 113 Å². The summed E-state index contributed by atoms with van der Waals surface area (Å²) in [6.07, 6.45) is 1.96. The summed E-state index contributed by atoms with van der Waals surface area (Å²) in [5.74, 6) is 0.549. The first-order chi connectivity index (χ1) is 9.24. The molecule has 0 radical (unpaired) electrons. The fraction of sp³-hybridized carbons (Fsp3) is 0.167. The molecular weight excluding hydrogens is 230 g/mol. The van der Waals surface area contributed by atoms with Crippen LogP contribution in [0.1, 0.15) is 25.3 Å². The van der Waals surface area contributed by atoms with Gasteiger partial charge in [-0.3, -0.25) is 4.98 Å². The van der Waals surface area contributed by atoms with E-state index in [1.807, 2.05) is 18.3 Å². The SMILES string of the molecule is CC(C)c1cccc(-c2cnc3ccccc3c2)c1. The zero-order valence-corrected chi connectivity index (χ0v) is 11.3. The van der Waals surface area contributed by atoms with Crippen molar-refractivity contribution < 1.29 is 0 Å². The molecule has 0 saturated heterocycles. The standard InChI is InChI=1S/C18H17N/c1-13(2)14-7-5-8-15(10-14)17-11-16-6-3-4-9-18(16)19-12-17/h3-13H,1-2H3. The van der Waals surface area contributed by atoms with Gasteiger partial charge in [0.2, 0.25) is 0 Å². The van der Waals surface area contributed by atoms with Crippen molar-refractivity contribution in [3.05, 3.63) is 66.4 Å². The first-order valence-corrected chi connectivity index (χ1v) is 6.69. The van der Waals surface area contributed by atoms with E-state index in [0.29, 0.717) is 5.92 Å². The van der Waals surface area contributed by atoms with E-state index in [2.05, 4.69) is 61.3 Å². The zero-order valence-electron chi connectivity index (χ0n) is 11.3. The summed E-state index contributed by atoms with van der Waals surface area (Å²) in [7, 11) is 0. The van der Waals surface area contributed by atoms with Crippen molar-refractivity contribution in [1.82, 2.24) is 4.98 Å². The molecule has 1 heterocycles. The predicted molar refractivity (Wildman–Crippen MR) is 81.3 cm³/mol. The molecule has 0 aliphatic carbocycles. The summed E-state index contributed by atoms with van der Waals surface area (Å²) in [5.41, 5.74) is 4.84. The van der Waals surface area contributed by atoms with Crippen LogP contribution in [0, 0.1) is 0 Å². The number of hydrogen-bond donors (Lipinski definition) is 0. The third-order valence-corrected chi connectivity index (χ3v) is 3.48. The highest BCUT2D eigenvalue weighted by Gasteiger charge is 2.03. The third-order valence-electron chi connectivity index (χ3n) is 3.48. The predicted octanol–water partition coefficient (Wildman–Crippen LogP) is 5.03. The van der Waals surface area contributed by atoms with E-state index in [1.54, 1.807) is 0 Å². The number of para-hydroxylation sites is 1. The molecule has 0 aliphatic rings. The molecule has 1 nitrogen and oxygen atoms in total. The summed E-state index contributed by atoms with van der Waals surface area (Å²) >= 11 is 0. The molecule has 3 rings (SSSR count). The fourth-order valence-corrected chi connectivity index (χ4v) is 2.31. The number of hydrogen-bond acceptors (Lipinski definition) is 1. The van der Waals surface area contributed by atoms with Crippen molar-refractivity contribution in [2.45, 2.75) is 19.8 Å². The molecule has 1 heteroatoms. The van der Waals surface area contributed by atoms with Crippen molar-refractivity contribution in [2.75, 3.05) is 0 Å². The van der Waals surface area contributed by atoms with Crippen LogP contribution in [0.5, 0.6) is 0 Å². The summed E-state index contributed by atoms with van der Waals surface area (Å²) in [4.78, 5) is 4.53. The Morgan fingerprint density at radius 2 is 1.68 bits per heavy atom. The molecule has 0 unspecified atom stereocenters. The van der Waals surface area contributed by atoms with Gasteiger partial charge in [0.15, 0.2) is 0 Å². The average Bonchev–Trinajstić information content (AvgIpc) is 2.47. The summed E-state index contributed by atoms with van der Waals surface area (Å²) in [6.45, 7) is 4.44. The molecule has 0 saturated carbocycles. The van der Waals surface area contributed by atoms with Gasteiger partial charge in [0.1, 0.15) is 0 Å². The van der Waals surface area contributed by atoms with Crippen LogP contribution in [0.25, 0.3) is 22.0 Å². The highest BCUT2D eigenvalue weighted by Crippen LogP contribution is 2.25. The fourth-order valence-electron chi connectivity index (χ4n) is 2.31. The maximum atomic E-state index is 4.53. The van der Waals surface area contributed by atoms with Crippen LogP contribution in [0.4, 0.5) is 0 Å². The molecule has 94 valence electrons. The van der Waals surface area contributed by atoms with Gasteiger partial charge < -0.3 is 0 Å². The lowest BCUT2D eigenvalue weighted by molar-refractivity contribution is 0.867. The van der Waals surface area contributed by atoms with E-state index in [0.717, 1.165) is 5.52 Å². The Balaban J connectivity index is 2.11. The van der Waals surface area contributed by atoms with Crippen LogP contribution in [0.2, 0.25) is 0 Å².